The van der Waals surface area contributed by atoms with Gasteiger partial charge in [-0.25, -0.2) is 0 Å². The summed E-state index contributed by atoms with van der Waals surface area (Å²) in [5, 5.41) is 1.45. The molecule has 0 aliphatic carbocycles. The first-order valence-corrected chi connectivity index (χ1v) is 8.27. The molecule has 4 heteroatoms. The molecule has 2 aliphatic rings. The monoisotopic (exact) mass is 312 g/mol. The van der Waals surface area contributed by atoms with Crippen molar-refractivity contribution >= 4 is 28.9 Å². The highest BCUT2D eigenvalue weighted by Crippen LogP contribution is 2.34. The Morgan fingerprint density at radius 3 is 2.45 bits per heavy atom. The van der Waals surface area contributed by atoms with Crippen molar-refractivity contribution in [3.05, 3.63) is 28.2 Å². The lowest BCUT2D eigenvalue weighted by Gasteiger charge is -2.47. The van der Waals surface area contributed by atoms with Gasteiger partial charge in [-0.05, 0) is 43.5 Å². The van der Waals surface area contributed by atoms with E-state index in [0.29, 0.717) is 18.0 Å². The van der Waals surface area contributed by atoms with Crippen LogP contribution in [0.5, 0.6) is 0 Å². The second-order valence-electron chi connectivity index (χ2n) is 6.38. The number of hydrogen-bond acceptors (Lipinski definition) is 2. The summed E-state index contributed by atoms with van der Waals surface area (Å²) in [5.74, 6) is 0.620. The fourth-order valence-electron chi connectivity index (χ4n) is 3.62. The average molecular weight is 313 g/mol. The Bertz CT molecular complexity index is 469. The molecule has 0 aromatic heterocycles. The Balaban J connectivity index is 1.91. The van der Waals surface area contributed by atoms with Gasteiger partial charge in [-0.2, -0.15) is 0 Å². The summed E-state index contributed by atoms with van der Waals surface area (Å²) in [4.78, 5) is 5.18. The van der Waals surface area contributed by atoms with Crippen LogP contribution < -0.4 is 4.90 Å². The van der Waals surface area contributed by atoms with E-state index in [9.17, 15) is 0 Å². The molecule has 2 aliphatic heterocycles. The summed E-state index contributed by atoms with van der Waals surface area (Å²) in [6, 6.07) is 7.14. The molecule has 2 atom stereocenters. The molecule has 0 saturated carbocycles. The molecule has 0 spiro atoms. The number of fused-ring (bicyclic) bond motifs is 1. The Hall–Kier alpha value is -0.440. The summed E-state index contributed by atoms with van der Waals surface area (Å²) < 4.78 is 0. The van der Waals surface area contributed by atoms with Crippen LogP contribution in [-0.4, -0.2) is 36.6 Å². The van der Waals surface area contributed by atoms with Crippen LogP contribution in [-0.2, 0) is 0 Å². The molecule has 2 nitrogen and oxygen atoms in total. The van der Waals surface area contributed by atoms with Gasteiger partial charge in [-0.3, -0.25) is 4.90 Å². The van der Waals surface area contributed by atoms with Crippen molar-refractivity contribution in [1.29, 1.82) is 0 Å². The highest BCUT2D eigenvalue weighted by Gasteiger charge is 2.37. The minimum Gasteiger partial charge on any atom is -0.365 e. The minimum absolute atomic E-state index is 0.541. The zero-order valence-corrected chi connectivity index (χ0v) is 13.7. The lowest BCUT2D eigenvalue weighted by atomic mass is 9.96. The van der Waals surface area contributed by atoms with Crippen LogP contribution in [0.4, 0.5) is 5.69 Å². The Labute approximate surface area is 131 Å². The van der Waals surface area contributed by atoms with Gasteiger partial charge in [-0.15, -0.1) is 0 Å². The first-order valence-electron chi connectivity index (χ1n) is 7.51. The topological polar surface area (TPSA) is 6.48 Å². The molecule has 0 radical (unpaired) electrons. The Kier molecular flexibility index (Phi) is 4.16. The predicted octanol–water partition coefficient (Wildman–Crippen LogP) is 4.30. The zero-order chi connectivity index (χ0) is 14.3. The minimum atomic E-state index is 0.541. The van der Waals surface area contributed by atoms with Crippen molar-refractivity contribution in [1.82, 2.24) is 4.90 Å². The van der Waals surface area contributed by atoms with Gasteiger partial charge in [0, 0.05) is 40.9 Å². The number of piperazine rings is 1. The molecule has 2 unspecified atom stereocenters. The van der Waals surface area contributed by atoms with Crippen molar-refractivity contribution in [3.8, 4) is 0 Å². The van der Waals surface area contributed by atoms with Crippen molar-refractivity contribution in [3.63, 3.8) is 0 Å². The second kappa shape index (κ2) is 5.75. The Morgan fingerprint density at radius 1 is 1.10 bits per heavy atom. The number of rotatable bonds is 2. The van der Waals surface area contributed by atoms with E-state index in [1.807, 2.05) is 18.2 Å². The van der Waals surface area contributed by atoms with Gasteiger partial charge in [0.15, 0.2) is 0 Å². The molecule has 2 fully saturated rings. The maximum absolute atomic E-state index is 6.19. The quantitative estimate of drug-likeness (QED) is 0.803. The largest absolute Gasteiger partial charge is 0.365 e. The summed E-state index contributed by atoms with van der Waals surface area (Å²) in [6.07, 6.45) is 2.65. The number of benzene rings is 1. The molecule has 0 bridgehead atoms. The zero-order valence-electron chi connectivity index (χ0n) is 12.1. The molecule has 0 N–H and O–H groups in total. The molecule has 0 amide bonds. The standard InChI is InChI=1S/C16H22Cl2N2/c1-11(2)16-10-19-5-3-4-14(19)9-20(16)15-7-12(17)6-13(18)8-15/h6-8,11,14,16H,3-5,9-10H2,1-2H3. The molecule has 2 heterocycles. The van der Waals surface area contributed by atoms with Gasteiger partial charge in [0.1, 0.15) is 0 Å². The summed E-state index contributed by atoms with van der Waals surface area (Å²) in [6.45, 7) is 8.13. The van der Waals surface area contributed by atoms with Gasteiger partial charge < -0.3 is 4.90 Å². The van der Waals surface area contributed by atoms with E-state index in [1.165, 1.54) is 25.1 Å². The third-order valence-electron chi connectivity index (χ3n) is 4.68. The van der Waals surface area contributed by atoms with Crippen molar-refractivity contribution < 1.29 is 0 Å². The Morgan fingerprint density at radius 2 is 1.80 bits per heavy atom. The predicted molar refractivity (Wildman–Crippen MR) is 87.0 cm³/mol. The van der Waals surface area contributed by atoms with Gasteiger partial charge in [0.25, 0.3) is 0 Å². The van der Waals surface area contributed by atoms with Crippen LogP contribution in [0.1, 0.15) is 26.7 Å². The lowest BCUT2D eigenvalue weighted by Crippen LogP contribution is -2.58. The number of halogens is 2. The van der Waals surface area contributed by atoms with Crippen molar-refractivity contribution in [2.24, 2.45) is 5.92 Å². The van der Waals surface area contributed by atoms with Crippen LogP contribution in [0.25, 0.3) is 0 Å². The number of hydrogen-bond donors (Lipinski definition) is 0. The third kappa shape index (κ3) is 2.79. The normalized spacial score (nSPS) is 27.1. The van der Waals surface area contributed by atoms with Crippen molar-refractivity contribution in [2.45, 2.75) is 38.8 Å². The third-order valence-corrected chi connectivity index (χ3v) is 5.11. The summed E-state index contributed by atoms with van der Waals surface area (Å²) >= 11 is 12.4. The van der Waals surface area contributed by atoms with Gasteiger partial charge in [0.05, 0.1) is 0 Å². The molecular formula is C16H22Cl2N2. The molecule has 3 rings (SSSR count). The maximum atomic E-state index is 6.19. The molecule has 1 aromatic rings. The van der Waals surface area contributed by atoms with Crippen LogP contribution in [0.2, 0.25) is 10.0 Å². The fraction of sp³-hybridized carbons (Fsp3) is 0.625. The van der Waals surface area contributed by atoms with Crippen LogP contribution >= 0.6 is 23.2 Å². The first-order chi connectivity index (χ1) is 9.54. The van der Waals surface area contributed by atoms with Crippen LogP contribution in [0.15, 0.2) is 18.2 Å². The molecule has 110 valence electrons. The van der Waals surface area contributed by atoms with Crippen LogP contribution in [0.3, 0.4) is 0 Å². The smallest absolute Gasteiger partial charge is 0.0441 e. The number of anilines is 1. The van der Waals surface area contributed by atoms with E-state index < -0.39 is 0 Å². The average Bonchev–Trinajstić information content (AvgIpc) is 2.83. The first kappa shape index (κ1) is 14.5. The van der Waals surface area contributed by atoms with E-state index >= 15 is 0 Å². The highest BCUT2D eigenvalue weighted by molar-refractivity contribution is 6.35. The fourth-order valence-corrected chi connectivity index (χ4v) is 4.13. The van der Waals surface area contributed by atoms with E-state index in [0.717, 1.165) is 23.1 Å². The molecule has 20 heavy (non-hydrogen) atoms. The number of nitrogens with zero attached hydrogens (tertiary/aromatic N) is 2. The van der Waals surface area contributed by atoms with E-state index in [1.54, 1.807) is 0 Å². The van der Waals surface area contributed by atoms with Gasteiger partial charge in [-0.1, -0.05) is 37.0 Å². The molecule has 2 saturated heterocycles. The maximum Gasteiger partial charge on any atom is 0.0441 e. The summed E-state index contributed by atoms with van der Waals surface area (Å²) in [7, 11) is 0. The van der Waals surface area contributed by atoms with Crippen LogP contribution in [0, 0.1) is 5.92 Å². The van der Waals surface area contributed by atoms with E-state index in [4.69, 9.17) is 23.2 Å². The SMILES string of the molecule is CC(C)C1CN2CCCC2CN1c1cc(Cl)cc(Cl)c1. The summed E-state index contributed by atoms with van der Waals surface area (Å²) in [5.41, 5.74) is 1.17. The molecule has 1 aromatic carbocycles. The second-order valence-corrected chi connectivity index (χ2v) is 7.26. The highest BCUT2D eigenvalue weighted by atomic mass is 35.5. The van der Waals surface area contributed by atoms with E-state index in [2.05, 4.69) is 23.6 Å². The van der Waals surface area contributed by atoms with Gasteiger partial charge >= 0.3 is 0 Å². The van der Waals surface area contributed by atoms with Gasteiger partial charge in [0.2, 0.25) is 0 Å². The lowest BCUT2D eigenvalue weighted by molar-refractivity contribution is 0.176. The van der Waals surface area contributed by atoms with E-state index in [-0.39, 0.29) is 0 Å². The van der Waals surface area contributed by atoms with Crippen molar-refractivity contribution in [2.75, 3.05) is 24.5 Å². The molecular weight excluding hydrogens is 291 g/mol.